The predicted molar refractivity (Wildman–Crippen MR) is 175 cm³/mol. The fourth-order valence-corrected chi connectivity index (χ4v) is 7.56. The van der Waals surface area contributed by atoms with Gasteiger partial charge in [0.15, 0.2) is 11.2 Å². The lowest BCUT2D eigenvalue weighted by molar-refractivity contribution is -0.118. The largest absolute Gasteiger partial charge is 0.396 e. The highest BCUT2D eigenvalue weighted by atomic mass is 35.5. The number of carbonyl (C=O) groups is 1. The molecule has 2 aliphatic heterocycles. The maximum atomic E-state index is 14.3. The Balaban J connectivity index is 1.18. The molecule has 2 aromatic carbocycles. The first kappa shape index (κ1) is 30.3. The van der Waals surface area contributed by atoms with Crippen LogP contribution in [-0.4, -0.2) is 66.1 Å². The number of imidazole rings is 1. The lowest BCUT2D eigenvalue weighted by Crippen LogP contribution is -2.33. The SMILES string of the molecule is O=C(Nc1nccs1)C(c1ncn2c1C[C@@H](F)C2)n1cc2c(Cl)cc(-c3ccc(CN4CCC(CCO)CC4)cc3)c(Cl)c2n1. The molecule has 2 aliphatic rings. The highest BCUT2D eigenvalue weighted by Gasteiger charge is 2.34. The van der Waals surface area contributed by atoms with Gasteiger partial charge in [-0.1, -0.05) is 47.5 Å². The van der Waals surface area contributed by atoms with Gasteiger partial charge in [0.2, 0.25) is 0 Å². The second-order valence-electron chi connectivity index (χ2n) is 11.8. The van der Waals surface area contributed by atoms with Gasteiger partial charge >= 0.3 is 0 Å². The minimum atomic E-state index is -1.04. The van der Waals surface area contributed by atoms with Crippen molar-refractivity contribution >= 4 is 56.5 Å². The van der Waals surface area contributed by atoms with Gasteiger partial charge in [-0.05, 0) is 55.5 Å². The molecule has 0 saturated carbocycles. The molecule has 0 spiro atoms. The predicted octanol–water partition coefficient (Wildman–Crippen LogP) is 6.38. The summed E-state index contributed by atoms with van der Waals surface area (Å²) in [4.78, 5) is 24.9. The van der Waals surface area contributed by atoms with Crippen LogP contribution >= 0.6 is 34.5 Å². The van der Waals surface area contributed by atoms with Crippen LogP contribution in [0, 0.1) is 5.92 Å². The van der Waals surface area contributed by atoms with Crippen LogP contribution in [0.3, 0.4) is 0 Å². The lowest BCUT2D eigenvalue weighted by Gasteiger charge is -2.31. The molecule has 1 fully saturated rings. The van der Waals surface area contributed by atoms with Gasteiger partial charge < -0.3 is 9.67 Å². The van der Waals surface area contributed by atoms with Crippen LogP contribution in [0.25, 0.3) is 22.0 Å². The van der Waals surface area contributed by atoms with Crippen molar-refractivity contribution in [2.75, 3.05) is 25.0 Å². The van der Waals surface area contributed by atoms with Crippen LogP contribution < -0.4 is 5.32 Å². The molecule has 5 aromatic rings. The van der Waals surface area contributed by atoms with Gasteiger partial charge in [0.05, 0.1) is 28.6 Å². The number of aliphatic hydroxyl groups excluding tert-OH is 1. The molecule has 0 bridgehead atoms. The number of aromatic nitrogens is 5. The van der Waals surface area contributed by atoms with Crippen LogP contribution in [-0.2, 0) is 24.3 Å². The van der Waals surface area contributed by atoms with Crippen molar-refractivity contribution in [2.45, 2.75) is 51.0 Å². The smallest absolute Gasteiger partial charge is 0.257 e. The van der Waals surface area contributed by atoms with Crippen molar-refractivity contribution in [3.05, 3.63) is 81.4 Å². The molecule has 5 heterocycles. The van der Waals surface area contributed by atoms with Crippen LogP contribution in [0.5, 0.6) is 0 Å². The average Bonchev–Trinajstić information content (AvgIpc) is 3.84. The van der Waals surface area contributed by atoms with Crippen molar-refractivity contribution in [3.8, 4) is 11.1 Å². The molecule has 1 amide bonds. The Labute approximate surface area is 273 Å². The van der Waals surface area contributed by atoms with Gasteiger partial charge in [-0.3, -0.25) is 19.7 Å². The van der Waals surface area contributed by atoms with Crippen molar-refractivity contribution in [2.24, 2.45) is 5.92 Å². The summed E-state index contributed by atoms with van der Waals surface area (Å²) in [7, 11) is 0. The number of hydrogen-bond donors (Lipinski definition) is 2. The molecule has 0 radical (unpaired) electrons. The van der Waals surface area contributed by atoms with E-state index in [-0.39, 0.29) is 19.6 Å². The molecule has 9 nitrogen and oxygen atoms in total. The minimum absolute atomic E-state index is 0.167. The zero-order chi connectivity index (χ0) is 31.1. The number of hydrogen-bond acceptors (Lipinski definition) is 7. The molecule has 45 heavy (non-hydrogen) atoms. The van der Waals surface area contributed by atoms with Crippen LogP contribution in [0.4, 0.5) is 9.52 Å². The molecule has 1 unspecified atom stereocenters. The van der Waals surface area contributed by atoms with Gasteiger partial charge in [-0.15, -0.1) is 11.3 Å². The molecule has 2 N–H and O–H groups in total. The number of rotatable bonds is 9. The number of anilines is 1. The molecule has 2 atom stereocenters. The number of thiazole rings is 1. The van der Waals surface area contributed by atoms with E-state index >= 15 is 0 Å². The van der Waals surface area contributed by atoms with Gasteiger partial charge in [0, 0.05) is 54.0 Å². The average molecular weight is 669 g/mol. The summed E-state index contributed by atoms with van der Waals surface area (Å²) < 4.78 is 17.6. The first-order valence-corrected chi connectivity index (χ1v) is 16.7. The summed E-state index contributed by atoms with van der Waals surface area (Å²) in [6, 6.07) is 9.13. The molecule has 7 rings (SSSR count). The molecule has 1 saturated heterocycles. The normalized spacial score (nSPS) is 18.0. The maximum absolute atomic E-state index is 14.3. The van der Waals surface area contributed by atoms with E-state index in [0.29, 0.717) is 43.4 Å². The van der Waals surface area contributed by atoms with Gasteiger partial charge in [-0.25, -0.2) is 14.4 Å². The van der Waals surface area contributed by atoms with E-state index in [1.807, 2.05) is 18.2 Å². The number of carbonyl (C=O) groups excluding carboxylic acids is 1. The molecular weight excluding hydrogens is 636 g/mol. The number of benzene rings is 2. The van der Waals surface area contributed by atoms with Crippen molar-refractivity contribution in [3.63, 3.8) is 0 Å². The standard InChI is InChI=1S/C32H32Cl2FN7O2S/c33-25-14-23(21-3-1-20(2-4-21)15-40-9-5-19(6-10-40)7-11-43)27(34)28-24(25)17-42(39-28)30(31(44)38-32-36-8-12-45-32)29-26-13-22(35)16-41(26)18-37-29/h1-4,8,12,14,17-19,22,30,43H,5-7,9-11,13,15-16H2,(H,36,38,44)/t22-,30?/m1/s1. The number of nitrogens with zero attached hydrogens (tertiary/aromatic N) is 6. The van der Waals surface area contributed by atoms with E-state index in [1.54, 1.807) is 28.7 Å². The highest BCUT2D eigenvalue weighted by molar-refractivity contribution is 7.13. The Morgan fingerprint density at radius 1 is 1.18 bits per heavy atom. The summed E-state index contributed by atoms with van der Waals surface area (Å²) in [5.74, 6) is 0.215. The van der Waals surface area contributed by atoms with E-state index in [1.165, 1.54) is 21.6 Å². The third-order valence-corrected chi connectivity index (χ3v) is 10.2. The number of piperidine rings is 1. The zero-order valence-corrected chi connectivity index (χ0v) is 26.7. The Morgan fingerprint density at radius 3 is 2.71 bits per heavy atom. The number of nitrogens with one attached hydrogen (secondary N) is 1. The molecule has 3 aromatic heterocycles. The highest BCUT2D eigenvalue weighted by Crippen LogP contribution is 2.39. The van der Waals surface area contributed by atoms with Crippen LogP contribution in [0.15, 0.2) is 54.4 Å². The number of alkyl halides is 1. The van der Waals surface area contributed by atoms with Crippen molar-refractivity contribution in [1.82, 2.24) is 29.2 Å². The van der Waals surface area contributed by atoms with Gasteiger partial charge in [0.1, 0.15) is 11.7 Å². The first-order valence-electron chi connectivity index (χ1n) is 15.1. The summed E-state index contributed by atoms with van der Waals surface area (Å²) in [5, 5.41) is 20.5. The van der Waals surface area contributed by atoms with E-state index < -0.39 is 18.1 Å². The van der Waals surface area contributed by atoms with Gasteiger partial charge in [-0.2, -0.15) is 5.10 Å². The van der Waals surface area contributed by atoms with E-state index in [2.05, 4.69) is 32.3 Å². The van der Waals surface area contributed by atoms with E-state index in [0.717, 1.165) is 50.0 Å². The van der Waals surface area contributed by atoms with Crippen LogP contribution in [0.2, 0.25) is 10.0 Å². The molecule has 13 heteroatoms. The Bertz CT molecular complexity index is 1820. The Hall–Kier alpha value is -3.35. The van der Waals surface area contributed by atoms with E-state index in [4.69, 9.17) is 28.3 Å². The molecule has 0 aliphatic carbocycles. The second-order valence-corrected chi connectivity index (χ2v) is 13.5. The number of aliphatic hydroxyl groups is 1. The van der Waals surface area contributed by atoms with Crippen molar-refractivity contribution < 1.29 is 14.3 Å². The number of fused-ring (bicyclic) bond motifs is 2. The fraction of sp³-hybridized carbons (Fsp3) is 0.375. The third kappa shape index (κ3) is 6.12. The molecule has 234 valence electrons. The number of halogens is 3. The van der Waals surface area contributed by atoms with Crippen molar-refractivity contribution in [1.29, 1.82) is 0 Å². The zero-order valence-electron chi connectivity index (χ0n) is 24.4. The quantitative estimate of drug-likeness (QED) is 0.189. The first-order chi connectivity index (χ1) is 21.9. The topological polar surface area (TPSA) is 101 Å². The number of likely N-dealkylation sites (tertiary alicyclic amines) is 1. The Morgan fingerprint density at radius 2 is 1.98 bits per heavy atom. The molecular formula is C32H32Cl2FN7O2S. The van der Waals surface area contributed by atoms with Gasteiger partial charge in [0.25, 0.3) is 5.91 Å². The summed E-state index contributed by atoms with van der Waals surface area (Å²) in [6.07, 6.45) is 7.12. The van der Waals surface area contributed by atoms with Crippen LogP contribution in [0.1, 0.15) is 42.3 Å². The van der Waals surface area contributed by atoms with E-state index in [9.17, 15) is 14.3 Å². The fourth-order valence-electron chi connectivity index (χ4n) is 6.48. The summed E-state index contributed by atoms with van der Waals surface area (Å²) in [5.41, 5.74) is 4.40. The second kappa shape index (κ2) is 12.8. The summed E-state index contributed by atoms with van der Waals surface area (Å²) >= 11 is 15.1. The Kier molecular flexibility index (Phi) is 8.62. The lowest BCUT2D eigenvalue weighted by atomic mass is 9.93. The maximum Gasteiger partial charge on any atom is 0.257 e. The number of amides is 1. The monoisotopic (exact) mass is 667 g/mol. The minimum Gasteiger partial charge on any atom is -0.396 e. The third-order valence-electron chi connectivity index (χ3n) is 8.84. The summed E-state index contributed by atoms with van der Waals surface area (Å²) in [6.45, 7) is 3.40.